The van der Waals surface area contributed by atoms with Crippen molar-refractivity contribution in [3.63, 3.8) is 0 Å². The van der Waals surface area contributed by atoms with Gasteiger partial charge in [0.15, 0.2) is 11.3 Å². The van der Waals surface area contributed by atoms with E-state index in [0.29, 0.717) is 59.4 Å². The predicted octanol–water partition coefficient (Wildman–Crippen LogP) is 7.11. The second kappa shape index (κ2) is 20.4. The van der Waals surface area contributed by atoms with Gasteiger partial charge in [-0.1, -0.05) is 56.3 Å². The van der Waals surface area contributed by atoms with E-state index >= 15 is 0 Å². The molecular formula is C61H65N13O7. The first kappa shape index (κ1) is 51.0. The number of aromatic nitrogens is 9. The van der Waals surface area contributed by atoms with E-state index in [4.69, 9.17) is 29.3 Å². The number of β-amino-alcohol motifs (C(OH)–C–C–N with tert-alkyl or cyclic N) is 1. The summed E-state index contributed by atoms with van der Waals surface area (Å²) in [6, 6.07) is 21.4. The van der Waals surface area contributed by atoms with Crippen LogP contribution in [0.25, 0.3) is 66.0 Å². The number of rotatable bonds is 15. The summed E-state index contributed by atoms with van der Waals surface area (Å²) in [4.78, 5) is 60.3. The van der Waals surface area contributed by atoms with Crippen LogP contribution in [-0.4, -0.2) is 130 Å². The number of carbonyl (C=O) groups is 2. The van der Waals surface area contributed by atoms with Crippen molar-refractivity contribution in [2.45, 2.75) is 115 Å². The van der Waals surface area contributed by atoms with E-state index in [1.165, 1.54) is 10.5 Å². The first-order valence-electron chi connectivity index (χ1n) is 28.5. The summed E-state index contributed by atoms with van der Waals surface area (Å²) in [6.45, 7) is 9.28. The molecule has 20 heteroatoms. The summed E-state index contributed by atoms with van der Waals surface area (Å²) < 4.78 is 23.0. The van der Waals surface area contributed by atoms with E-state index in [1.54, 1.807) is 21.8 Å². The fourth-order valence-corrected chi connectivity index (χ4v) is 13.0. The minimum absolute atomic E-state index is 0.00807. The molecule has 416 valence electrons. The lowest BCUT2D eigenvalue weighted by molar-refractivity contribution is -0.142. The van der Waals surface area contributed by atoms with Crippen LogP contribution < -0.4 is 30.6 Å². The minimum atomic E-state index is -0.898. The third-order valence-corrected chi connectivity index (χ3v) is 17.3. The Kier molecular flexibility index (Phi) is 12.8. The molecule has 0 spiro atoms. The monoisotopic (exact) mass is 1090 g/mol. The maximum Gasteiger partial charge on any atom is 0.319 e. The van der Waals surface area contributed by atoms with E-state index in [2.05, 4.69) is 60.9 Å². The van der Waals surface area contributed by atoms with Crippen LogP contribution in [0.1, 0.15) is 86.6 Å². The lowest BCUT2D eigenvalue weighted by Gasteiger charge is -2.31. The average Bonchev–Trinajstić information content (AvgIpc) is 4.24. The number of likely N-dealkylation sites (tertiary alicyclic amines) is 1. The fraction of sp³-hybridized carbons (Fsp3) is 0.410. The third kappa shape index (κ3) is 9.31. The molecule has 20 nitrogen and oxygen atoms in total. The Morgan fingerprint density at radius 2 is 1.72 bits per heavy atom. The minimum Gasteiger partial charge on any atom is -0.486 e. The van der Waals surface area contributed by atoms with Gasteiger partial charge in [-0.05, 0) is 95.7 Å². The molecule has 1 aliphatic carbocycles. The highest BCUT2D eigenvalue weighted by atomic mass is 16.5. The summed E-state index contributed by atoms with van der Waals surface area (Å²) >= 11 is 0. The van der Waals surface area contributed by atoms with Crippen molar-refractivity contribution in [3.05, 3.63) is 118 Å². The zero-order chi connectivity index (χ0) is 55.2. The van der Waals surface area contributed by atoms with Crippen LogP contribution >= 0.6 is 0 Å². The van der Waals surface area contributed by atoms with Crippen molar-refractivity contribution >= 4 is 61.2 Å². The van der Waals surface area contributed by atoms with E-state index in [0.717, 1.165) is 112 Å². The van der Waals surface area contributed by atoms with Gasteiger partial charge in [-0.15, -0.1) is 0 Å². The number of carbonyl (C=O) groups excluding carboxylic acids is 2. The summed E-state index contributed by atoms with van der Waals surface area (Å²) in [5, 5.41) is 37.6. The summed E-state index contributed by atoms with van der Waals surface area (Å²) in [6.07, 6.45) is 9.16. The molecule has 2 bridgehead atoms. The molecule has 1 unspecified atom stereocenters. The maximum atomic E-state index is 14.7. The van der Waals surface area contributed by atoms with Crippen LogP contribution in [0.3, 0.4) is 0 Å². The highest BCUT2D eigenvalue weighted by Crippen LogP contribution is 2.53. The molecule has 81 heavy (non-hydrogen) atoms. The molecule has 9 heterocycles. The lowest BCUT2D eigenvalue weighted by atomic mass is 9.89. The molecule has 5 aromatic heterocycles. The topological polar surface area (TPSA) is 236 Å². The molecule has 2 amide bonds. The average molecular weight is 1090 g/mol. The zero-order valence-corrected chi connectivity index (χ0v) is 45.8. The number of hydrogen-bond acceptors (Lipinski definition) is 14. The summed E-state index contributed by atoms with van der Waals surface area (Å²) in [7, 11) is 1.89. The number of amides is 2. The van der Waals surface area contributed by atoms with E-state index < -0.39 is 23.7 Å². The van der Waals surface area contributed by atoms with Gasteiger partial charge in [-0.2, -0.15) is 25.3 Å². The standard InChI is InChI=1S/C61H65N13O7/c1-32(2)55(60(78)73-29-40(75)23-50(73)58(76)63-25-34-6-9-37(10-7-34)49-15-18-65-71(49)4)74-30-46-42-13-8-35(21-48(42)66-59(77)54(46)70-74)31-80-56-52(51-33(3)5-14-47-45(51)27-64-69-47)43(36-11-12-36)24-44-53(56)67-61(81-41-16-19-79-20-17-41)68-57(44)72-28-38-22-39(72)26-62-38/h5-10,13-15,18,21,24,27,30,32,36,38-41,50,55,62,75H,11-12,16-17,19-20,22-23,25-26,28-29,31H2,1-4H3,(H,63,76)(H,64,69)(H,66,77)/t38-,39-,40+,50-,55?/m0/s1. The number of aliphatic hydroxyl groups is 1. The molecule has 5 N–H and O–H groups in total. The second-order valence-corrected chi connectivity index (χ2v) is 23.2. The Morgan fingerprint density at radius 1 is 0.889 bits per heavy atom. The number of anilines is 1. The molecule has 14 rings (SSSR count). The van der Waals surface area contributed by atoms with E-state index in [1.807, 2.05) is 75.6 Å². The Morgan fingerprint density at radius 3 is 2.47 bits per heavy atom. The van der Waals surface area contributed by atoms with Gasteiger partial charge in [0.2, 0.25) is 11.8 Å². The molecule has 4 aliphatic heterocycles. The van der Waals surface area contributed by atoms with Gasteiger partial charge in [0.05, 0.1) is 36.7 Å². The number of ether oxygens (including phenoxy) is 3. The Hall–Kier alpha value is -8.20. The second-order valence-electron chi connectivity index (χ2n) is 23.2. The van der Waals surface area contributed by atoms with Crippen molar-refractivity contribution in [1.29, 1.82) is 0 Å². The first-order valence-corrected chi connectivity index (χ1v) is 28.5. The molecular weight excluding hydrogens is 1030 g/mol. The van der Waals surface area contributed by atoms with Gasteiger partial charge in [0.1, 0.15) is 36.1 Å². The van der Waals surface area contributed by atoms with Crippen molar-refractivity contribution < 1.29 is 28.9 Å². The number of aliphatic hydroxyl groups excluding tert-OH is 1. The third-order valence-electron chi connectivity index (χ3n) is 17.3. The van der Waals surface area contributed by atoms with E-state index in [-0.39, 0.29) is 55.5 Å². The molecule has 4 aromatic carbocycles. The number of nitrogens with zero attached hydrogens (tertiary/aromatic N) is 9. The van der Waals surface area contributed by atoms with Gasteiger partial charge in [0, 0.05) is 110 Å². The molecule has 5 aliphatic rings. The number of aryl methyl sites for hydroxylation is 2. The number of benzene rings is 4. The number of nitrogens with one attached hydrogen (secondary N) is 4. The van der Waals surface area contributed by atoms with Crippen molar-refractivity contribution in [2.75, 3.05) is 37.7 Å². The molecule has 1 saturated carbocycles. The van der Waals surface area contributed by atoms with Crippen molar-refractivity contribution in [1.82, 2.24) is 60.2 Å². The van der Waals surface area contributed by atoms with Crippen molar-refractivity contribution in [2.24, 2.45) is 13.0 Å². The molecule has 5 atom stereocenters. The van der Waals surface area contributed by atoms with Gasteiger partial charge in [-0.25, -0.2) is 0 Å². The van der Waals surface area contributed by atoms with E-state index in [9.17, 15) is 19.5 Å². The van der Waals surface area contributed by atoms with Crippen LogP contribution in [0, 0.1) is 12.8 Å². The first-order chi connectivity index (χ1) is 39.4. The van der Waals surface area contributed by atoms with Crippen LogP contribution in [0.15, 0.2) is 90.1 Å². The number of fused-ring (bicyclic) bond motifs is 7. The largest absolute Gasteiger partial charge is 0.486 e. The molecule has 9 aromatic rings. The number of piperazine rings is 1. The number of H-pyrrole nitrogens is 2. The Balaban J connectivity index is 0.790. The number of hydrogen-bond donors (Lipinski definition) is 5. The van der Waals surface area contributed by atoms with Crippen molar-refractivity contribution in [3.8, 4) is 34.1 Å². The highest BCUT2D eigenvalue weighted by molar-refractivity contribution is 6.07. The predicted molar refractivity (Wildman–Crippen MR) is 306 cm³/mol. The molecule has 4 saturated heterocycles. The maximum absolute atomic E-state index is 14.7. The fourth-order valence-electron chi connectivity index (χ4n) is 13.0. The van der Waals surface area contributed by atoms with Crippen LogP contribution in [0.4, 0.5) is 5.82 Å². The SMILES string of the molecule is Cc1ccc2[nH]ncc2c1-c1c(C2CC2)cc2c(N3C[C@@H]4C[C@H]3CN4)nc(OC3CCOCC3)nc2c1OCc1ccc2c(c1)[nH]c(=O)c1nn(C(C(=O)N3C[C@H](O)C[C@H]3C(=O)NCc3ccc(-c4ccnn4C)cc3)C(C)C)cc12. The number of aromatic amines is 2. The van der Waals surface area contributed by atoms with Crippen LogP contribution in [0.2, 0.25) is 0 Å². The summed E-state index contributed by atoms with van der Waals surface area (Å²) in [5.74, 6) is 0.803. The van der Waals surface area contributed by atoms with Gasteiger partial charge < -0.3 is 44.7 Å². The van der Waals surface area contributed by atoms with Crippen LogP contribution in [0.5, 0.6) is 11.8 Å². The van der Waals surface area contributed by atoms with Crippen LogP contribution in [-0.2, 0) is 34.5 Å². The van der Waals surface area contributed by atoms with Gasteiger partial charge >= 0.3 is 6.01 Å². The Labute approximate surface area is 466 Å². The smallest absolute Gasteiger partial charge is 0.319 e. The summed E-state index contributed by atoms with van der Waals surface area (Å²) in [5.41, 5.74) is 9.92. The van der Waals surface area contributed by atoms with Gasteiger partial charge in [0.25, 0.3) is 5.56 Å². The van der Waals surface area contributed by atoms with Gasteiger partial charge in [-0.3, -0.25) is 28.8 Å². The number of pyridine rings is 1. The molecule has 5 fully saturated rings. The molecule has 0 radical (unpaired) electrons. The quantitative estimate of drug-likeness (QED) is 0.0688. The lowest BCUT2D eigenvalue weighted by Crippen LogP contribution is -2.49. The Bertz CT molecular complexity index is 3990. The normalized spacial score (nSPS) is 20.7. The highest BCUT2D eigenvalue weighted by Gasteiger charge is 2.44. The zero-order valence-electron chi connectivity index (χ0n) is 45.8.